The number of hydrogen-bond donors (Lipinski definition) is 2. The van der Waals surface area contributed by atoms with Crippen LogP contribution in [0.1, 0.15) is 0 Å². The maximum absolute atomic E-state index is 14.1. The van der Waals surface area contributed by atoms with Crippen LogP contribution < -0.4 is 10.5 Å². The lowest BCUT2D eigenvalue weighted by Crippen LogP contribution is -2.16. The van der Waals surface area contributed by atoms with Crippen LogP contribution in [-0.2, 0) is 10.0 Å². The van der Waals surface area contributed by atoms with E-state index in [0.29, 0.717) is 5.69 Å². The summed E-state index contributed by atoms with van der Waals surface area (Å²) < 4.78 is 41.9. The zero-order valence-corrected chi connectivity index (χ0v) is 15.5. The first-order valence-corrected chi connectivity index (χ1v) is 9.17. The number of anilines is 2. The fraction of sp³-hybridized carbons (Fsp3) is 0. The van der Waals surface area contributed by atoms with E-state index in [2.05, 4.69) is 20.7 Å². The van der Waals surface area contributed by atoms with Crippen LogP contribution in [0, 0.1) is 9.39 Å². The molecule has 0 heterocycles. The average molecular weight is 506 g/mol. The third kappa shape index (κ3) is 3.61. The third-order valence-corrected chi connectivity index (χ3v) is 5.96. The normalized spacial score (nSPS) is 11.4. The summed E-state index contributed by atoms with van der Waals surface area (Å²) in [6.45, 7) is 0. The van der Waals surface area contributed by atoms with Gasteiger partial charge in [0.2, 0.25) is 0 Å². The minimum absolute atomic E-state index is 0.0110. The monoisotopic (exact) mass is 504 g/mol. The molecule has 2 aromatic rings. The molecule has 9 heteroatoms. The Morgan fingerprint density at radius 1 is 1.33 bits per heavy atom. The maximum atomic E-state index is 14.1. The lowest BCUT2D eigenvalue weighted by atomic mass is 10.3. The van der Waals surface area contributed by atoms with Gasteiger partial charge >= 0.3 is 0 Å². The number of hydrogen-bond acceptors (Lipinski definition) is 3. The predicted octanol–water partition coefficient (Wildman–Crippen LogP) is 4.23. The van der Waals surface area contributed by atoms with Crippen molar-refractivity contribution in [3.8, 4) is 0 Å². The van der Waals surface area contributed by atoms with E-state index < -0.39 is 20.7 Å². The summed E-state index contributed by atoms with van der Waals surface area (Å²) in [7, 11) is -4.14. The first kappa shape index (κ1) is 16.8. The molecule has 0 aliphatic heterocycles. The summed E-state index contributed by atoms with van der Waals surface area (Å²) in [6.07, 6.45) is 0. The van der Waals surface area contributed by atoms with Crippen LogP contribution in [0.5, 0.6) is 0 Å². The second-order valence-electron chi connectivity index (χ2n) is 4.01. The number of nitrogen functional groups attached to an aromatic ring is 1. The largest absolute Gasteiger partial charge is 0.395 e. The van der Waals surface area contributed by atoms with Gasteiger partial charge in [0.05, 0.1) is 15.2 Å². The molecule has 4 nitrogen and oxygen atoms in total. The van der Waals surface area contributed by atoms with Crippen LogP contribution in [0.3, 0.4) is 0 Å². The van der Waals surface area contributed by atoms with E-state index in [4.69, 9.17) is 17.3 Å². The van der Waals surface area contributed by atoms with Crippen molar-refractivity contribution >= 4 is 71.5 Å². The maximum Gasteiger partial charge on any atom is 0.264 e. The number of nitrogens with two attached hydrogens (primary N) is 1. The van der Waals surface area contributed by atoms with Crippen molar-refractivity contribution in [2.24, 2.45) is 0 Å². The molecule has 0 saturated carbocycles. The minimum atomic E-state index is -4.14. The molecule has 0 radical (unpaired) electrons. The summed E-state index contributed by atoms with van der Waals surface area (Å²) in [5, 5.41) is 0.0110. The van der Waals surface area contributed by atoms with Crippen molar-refractivity contribution in [3.05, 3.63) is 49.2 Å². The molecule has 0 spiro atoms. The summed E-state index contributed by atoms with van der Waals surface area (Å²) in [5.74, 6) is -1.05. The van der Waals surface area contributed by atoms with Gasteiger partial charge in [-0.1, -0.05) is 17.7 Å². The van der Waals surface area contributed by atoms with Gasteiger partial charge < -0.3 is 5.73 Å². The Morgan fingerprint density at radius 3 is 2.62 bits per heavy atom. The first-order chi connectivity index (χ1) is 9.72. The van der Waals surface area contributed by atoms with Gasteiger partial charge in [-0.25, -0.2) is 12.8 Å². The van der Waals surface area contributed by atoms with E-state index in [1.165, 1.54) is 0 Å². The smallest absolute Gasteiger partial charge is 0.264 e. The molecule has 0 unspecified atom stereocenters. The minimum Gasteiger partial charge on any atom is -0.395 e. The van der Waals surface area contributed by atoms with Gasteiger partial charge in [0, 0.05) is 9.26 Å². The van der Waals surface area contributed by atoms with Gasteiger partial charge in [-0.05, 0) is 62.8 Å². The first-order valence-electron chi connectivity index (χ1n) is 5.43. The molecule has 0 fully saturated rings. The second kappa shape index (κ2) is 6.27. The molecule has 0 aromatic heterocycles. The topological polar surface area (TPSA) is 72.2 Å². The number of benzene rings is 2. The Balaban J connectivity index is 2.50. The lowest BCUT2D eigenvalue weighted by Gasteiger charge is -2.12. The van der Waals surface area contributed by atoms with Crippen molar-refractivity contribution in [2.45, 2.75) is 4.90 Å². The number of rotatable bonds is 3. The van der Waals surface area contributed by atoms with E-state index >= 15 is 0 Å². The molecule has 3 N–H and O–H groups in total. The van der Waals surface area contributed by atoms with Crippen LogP contribution in [0.4, 0.5) is 15.8 Å². The Hall–Kier alpha value is -0.580. The van der Waals surface area contributed by atoms with Gasteiger partial charge in [-0.15, -0.1) is 0 Å². The standard InChI is InChI=1S/C12H8BrClFIN2O2S/c13-10-8(14)5-9(11(15)12(10)17)21(19,20)18-7-3-1-2-6(16)4-7/h1-5,18H,17H2. The fourth-order valence-electron chi connectivity index (χ4n) is 1.56. The second-order valence-corrected chi connectivity index (χ2v) is 8.11. The van der Waals surface area contributed by atoms with Crippen LogP contribution in [0.2, 0.25) is 5.02 Å². The Morgan fingerprint density at radius 2 is 2.00 bits per heavy atom. The SMILES string of the molecule is Nc1c(F)c(S(=O)(=O)Nc2cccc(I)c2)cc(Cl)c1Br. The Bertz CT molecular complexity index is 817. The summed E-state index contributed by atoms with van der Waals surface area (Å²) in [6, 6.07) is 7.65. The lowest BCUT2D eigenvalue weighted by molar-refractivity contribution is 0.572. The highest BCUT2D eigenvalue weighted by Gasteiger charge is 2.24. The van der Waals surface area contributed by atoms with Gasteiger partial charge in [0.1, 0.15) is 4.90 Å². The zero-order valence-electron chi connectivity index (χ0n) is 10.2. The molecule has 21 heavy (non-hydrogen) atoms. The Labute approximate surface area is 148 Å². The highest BCUT2D eigenvalue weighted by Crippen LogP contribution is 2.35. The van der Waals surface area contributed by atoms with Crippen LogP contribution >= 0.6 is 50.1 Å². The van der Waals surface area contributed by atoms with Gasteiger partial charge in [-0.3, -0.25) is 4.72 Å². The molecule has 0 aliphatic rings. The average Bonchev–Trinajstić information content (AvgIpc) is 2.40. The summed E-state index contributed by atoms with van der Waals surface area (Å²) >= 11 is 10.9. The number of sulfonamides is 1. The van der Waals surface area contributed by atoms with E-state index in [0.717, 1.165) is 9.64 Å². The van der Waals surface area contributed by atoms with E-state index in [1.807, 2.05) is 22.6 Å². The zero-order chi connectivity index (χ0) is 15.8. The van der Waals surface area contributed by atoms with Crippen molar-refractivity contribution in [3.63, 3.8) is 0 Å². The van der Waals surface area contributed by atoms with Crippen LogP contribution in [0.25, 0.3) is 0 Å². The van der Waals surface area contributed by atoms with Crippen molar-refractivity contribution in [1.82, 2.24) is 0 Å². The third-order valence-electron chi connectivity index (χ3n) is 2.52. The van der Waals surface area contributed by atoms with Gasteiger partial charge in [0.15, 0.2) is 5.82 Å². The molecular formula is C12H8BrClFIN2O2S. The molecule has 0 saturated heterocycles. The van der Waals surface area contributed by atoms with Crippen molar-refractivity contribution < 1.29 is 12.8 Å². The summed E-state index contributed by atoms with van der Waals surface area (Å²) in [5.41, 5.74) is 5.46. The van der Waals surface area contributed by atoms with E-state index in [1.54, 1.807) is 24.3 Å². The van der Waals surface area contributed by atoms with E-state index in [-0.39, 0.29) is 15.2 Å². The molecule has 2 aromatic carbocycles. The number of nitrogens with one attached hydrogen (secondary N) is 1. The highest BCUT2D eigenvalue weighted by molar-refractivity contribution is 14.1. The van der Waals surface area contributed by atoms with Crippen LogP contribution in [0.15, 0.2) is 39.7 Å². The quantitative estimate of drug-likeness (QED) is 0.373. The van der Waals surface area contributed by atoms with Crippen LogP contribution in [-0.4, -0.2) is 8.42 Å². The molecule has 0 bridgehead atoms. The molecule has 112 valence electrons. The Kier molecular flexibility index (Phi) is 5.01. The molecule has 2 rings (SSSR count). The molecule has 0 amide bonds. The fourth-order valence-corrected chi connectivity index (χ4v) is 3.83. The van der Waals surface area contributed by atoms with Crippen molar-refractivity contribution in [2.75, 3.05) is 10.5 Å². The molecule has 0 atom stereocenters. The van der Waals surface area contributed by atoms with E-state index in [9.17, 15) is 12.8 Å². The predicted molar refractivity (Wildman–Crippen MR) is 93.5 cm³/mol. The van der Waals surface area contributed by atoms with Gasteiger partial charge in [0.25, 0.3) is 10.0 Å². The molecule has 0 aliphatic carbocycles. The molecular weight excluding hydrogens is 497 g/mol. The number of halogens is 4. The van der Waals surface area contributed by atoms with Crippen molar-refractivity contribution in [1.29, 1.82) is 0 Å². The summed E-state index contributed by atoms with van der Waals surface area (Å²) in [4.78, 5) is -0.605. The van der Waals surface area contributed by atoms with Gasteiger partial charge in [-0.2, -0.15) is 0 Å². The highest BCUT2D eigenvalue weighted by atomic mass is 127.